The topological polar surface area (TPSA) is 98.8 Å². The minimum atomic E-state index is -0.909. The van der Waals surface area contributed by atoms with Gasteiger partial charge in [-0.1, -0.05) is 0 Å². The second-order valence-electron chi connectivity index (χ2n) is 10.6. The number of piperidine rings is 1. The van der Waals surface area contributed by atoms with Crippen molar-refractivity contribution in [3.8, 4) is 0 Å². The molecule has 32 heavy (non-hydrogen) atoms. The lowest BCUT2D eigenvalue weighted by Gasteiger charge is -2.43. The third kappa shape index (κ3) is 5.46. The zero-order valence-electron chi connectivity index (χ0n) is 19.7. The first-order valence-corrected chi connectivity index (χ1v) is 12.6. The summed E-state index contributed by atoms with van der Waals surface area (Å²) < 4.78 is 10.7. The molecule has 3 unspecified atom stereocenters. The van der Waals surface area contributed by atoms with Crippen LogP contribution in [0.3, 0.4) is 0 Å². The molecule has 4 aliphatic rings. The highest BCUT2D eigenvalue weighted by atomic mass is 16.5. The number of ether oxygens (including phenoxy) is 2. The highest BCUT2D eigenvalue weighted by Gasteiger charge is 2.48. The van der Waals surface area contributed by atoms with Gasteiger partial charge >= 0.3 is 5.97 Å². The highest BCUT2D eigenvalue weighted by molar-refractivity contribution is 5.76. The Hall–Kier alpha value is -1.22. The van der Waals surface area contributed by atoms with Crippen LogP contribution in [0.25, 0.3) is 0 Å². The van der Waals surface area contributed by atoms with Gasteiger partial charge in [0.15, 0.2) is 0 Å². The summed E-state index contributed by atoms with van der Waals surface area (Å²) in [5.41, 5.74) is 0. The molecular weight excluding hydrogens is 410 g/mol. The average Bonchev–Trinajstić information content (AvgIpc) is 3.20. The standard InChI is InChI=1S/C24H41N3O5/c1-31-19-9-5-17(6-10-19)13-27-15-25-20-11-21(24(30)32-2)26(14-22(20)27)12-16-3-7-18(8-4-16)23(28)29/h16-22,25H,3-15H2,1-2H3,(H,28,29). The van der Waals surface area contributed by atoms with E-state index in [1.54, 1.807) is 0 Å². The van der Waals surface area contributed by atoms with Gasteiger partial charge in [0.2, 0.25) is 0 Å². The highest BCUT2D eigenvalue weighted by Crippen LogP contribution is 2.33. The molecule has 0 bridgehead atoms. The van der Waals surface area contributed by atoms with E-state index in [0.29, 0.717) is 36.9 Å². The molecule has 0 aromatic heterocycles. The molecule has 2 aliphatic carbocycles. The number of rotatable bonds is 7. The fourth-order valence-electron chi connectivity index (χ4n) is 6.70. The summed E-state index contributed by atoms with van der Waals surface area (Å²) in [6.45, 7) is 3.91. The summed E-state index contributed by atoms with van der Waals surface area (Å²) in [6, 6.07) is 0.726. The van der Waals surface area contributed by atoms with Gasteiger partial charge in [0.05, 0.1) is 19.3 Å². The minimum Gasteiger partial charge on any atom is -0.550 e. The lowest BCUT2D eigenvalue weighted by atomic mass is 9.81. The number of nitrogens with two attached hydrogens (primary N) is 1. The van der Waals surface area contributed by atoms with Gasteiger partial charge in [0.25, 0.3) is 0 Å². The maximum atomic E-state index is 12.6. The molecule has 3 atom stereocenters. The van der Waals surface area contributed by atoms with Crippen LogP contribution in [0.2, 0.25) is 0 Å². The molecule has 182 valence electrons. The number of carboxylic acid groups (broad SMARTS) is 1. The van der Waals surface area contributed by atoms with Crippen LogP contribution in [0.15, 0.2) is 0 Å². The van der Waals surface area contributed by atoms with E-state index in [4.69, 9.17) is 9.47 Å². The zero-order valence-corrected chi connectivity index (χ0v) is 19.7. The average molecular weight is 452 g/mol. The van der Waals surface area contributed by atoms with Crippen molar-refractivity contribution < 1.29 is 29.5 Å². The number of aliphatic carboxylic acids is 1. The molecule has 2 heterocycles. The first kappa shape index (κ1) is 23.9. The molecule has 0 amide bonds. The largest absolute Gasteiger partial charge is 0.550 e. The number of esters is 1. The first-order valence-electron chi connectivity index (χ1n) is 12.6. The number of nitrogens with zero attached hydrogens (tertiary/aromatic N) is 2. The fraction of sp³-hybridized carbons (Fsp3) is 0.917. The van der Waals surface area contributed by atoms with Crippen LogP contribution in [0.1, 0.15) is 57.8 Å². The van der Waals surface area contributed by atoms with Gasteiger partial charge < -0.3 is 24.7 Å². The van der Waals surface area contributed by atoms with Crippen LogP contribution >= 0.6 is 0 Å². The van der Waals surface area contributed by atoms with E-state index < -0.39 is 5.97 Å². The first-order chi connectivity index (χ1) is 15.5. The van der Waals surface area contributed by atoms with Gasteiger partial charge in [-0.3, -0.25) is 9.69 Å². The Morgan fingerprint density at radius 1 is 0.938 bits per heavy atom. The quantitative estimate of drug-likeness (QED) is 0.525. The molecule has 8 nitrogen and oxygen atoms in total. The fourth-order valence-corrected chi connectivity index (χ4v) is 6.70. The smallest absolute Gasteiger partial charge is 0.323 e. The van der Waals surface area contributed by atoms with Crippen LogP contribution in [0.5, 0.6) is 0 Å². The maximum absolute atomic E-state index is 12.6. The summed E-state index contributed by atoms with van der Waals surface area (Å²) in [4.78, 5) is 28.8. The monoisotopic (exact) mass is 451 g/mol. The molecule has 4 fully saturated rings. The van der Waals surface area contributed by atoms with E-state index in [0.717, 1.165) is 64.3 Å². The third-order valence-electron chi connectivity index (χ3n) is 8.73. The molecule has 2 aliphatic heterocycles. The van der Waals surface area contributed by atoms with Crippen LogP contribution < -0.4 is 10.4 Å². The Balaban J connectivity index is 1.36. The zero-order chi connectivity index (χ0) is 22.7. The molecule has 2 saturated carbocycles. The van der Waals surface area contributed by atoms with Gasteiger partial charge in [0.1, 0.15) is 18.8 Å². The van der Waals surface area contributed by atoms with Gasteiger partial charge in [0, 0.05) is 39.1 Å². The number of fused-ring (bicyclic) bond motifs is 1. The number of carbonyl (C=O) groups is 2. The lowest BCUT2D eigenvalue weighted by Crippen LogP contribution is -2.89. The lowest BCUT2D eigenvalue weighted by molar-refractivity contribution is -0.678. The number of hydrogen-bond donors (Lipinski definition) is 1. The van der Waals surface area contributed by atoms with E-state index in [1.807, 2.05) is 7.11 Å². The Morgan fingerprint density at radius 2 is 1.56 bits per heavy atom. The number of carboxylic acids is 1. The molecule has 2 saturated heterocycles. The maximum Gasteiger partial charge on any atom is 0.323 e. The second-order valence-corrected chi connectivity index (χ2v) is 10.6. The third-order valence-corrected chi connectivity index (χ3v) is 8.73. The Labute approximate surface area is 192 Å². The normalized spacial score (nSPS) is 38.9. The van der Waals surface area contributed by atoms with E-state index in [9.17, 15) is 14.7 Å². The summed E-state index contributed by atoms with van der Waals surface area (Å²) >= 11 is 0. The molecular formula is C24H41N3O5. The van der Waals surface area contributed by atoms with Crippen molar-refractivity contribution in [1.29, 1.82) is 0 Å². The molecule has 0 radical (unpaired) electrons. The number of carbonyl (C=O) groups excluding carboxylic acids is 2. The van der Waals surface area contributed by atoms with E-state index in [-0.39, 0.29) is 17.9 Å². The van der Waals surface area contributed by atoms with Crippen LogP contribution in [0, 0.1) is 17.8 Å². The van der Waals surface area contributed by atoms with Crippen molar-refractivity contribution in [3.05, 3.63) is 0 Å². The molecule has 2 N–H and O–H groups in total. The van der Waals surface area contributed by atoms with E-state index in [1.165, 1.54) is 20.0 Å². The van der Waals surface area contributed by atoms with Crippen molar-refractivity contribution >= 4 is 11.9 Å². The summed E-state index contributed by atoms with van der Waals surface area (Å²) in [6.07, 6.45) is 9.26. The van der Waals surface area contributed by atoms with Gasteiger partial charge in [-0.15, -0.1) is 0 Å². The Morgan fingerprint density at radius 3 is 2.16 bits per heavy atom. The Kier molecular flexibility index (Phi) is 8.08. The van der Waals surface area contributed by atoms with Crippen molar-refractivity contribution in [1.82, 2.24) is 9.80 Å². The van der Waals surface area contributed by atoms with Crippen LogP contribution in [-0.4, -0.2) is 86.5 Å². The SMILES string of the molecule is COC(=O)C1CC2[NH2+]CN(CC3CCC(OC)CC3)C2CN1CC1CCC(C(=O)[O-])CC1. The van der Waals surface area contributed by atoms with Crippen molar-refractivity contribution in [3.63, 3.8) is 0 Å². The number of likely N-dealkylation sites (tertiary alicyclic amines) is 1. The van der Waals surface area contributed by atoms with Crippen LogP contribution in [0.4, 0.5) is 0 Å². The number of hydrogen-bond acceptors (Lipinski definition) is 7. The van der Waals surface area contributed by atoms with Crippen molar-refractivity contribution in [2.45, 2.75) is 82.0 Å². The molecule has 0 spiro atoms. The molecule has 4 rings (SSSR count). The van der Waals surface area contributed by atoms with Gasteiger partial charge in [-0.25, -0.2) is 4.90 Å². The second kappa shape index (κ2) is 10.8. The molecule has 0 aromatic carbocycles. The van der Waals surface area contributed by atoms with Crippen molar-refractivity contribution in [2.75, 3.05) is 40.5 Å². The summed E-state index contributed by atoms with van der Waals surface area (Å²) in [5, 5.41) is 13.6. The van der Waals surface area contributed by atoms with Crippen LogP contribution in [-0.2, 0) is 19.1 Å². The number of quaternary nitrogens is 1. The van der Waals surface area contributed by atoms with Gasteiger partial charge in [-0.2, -0.15) is 0 Å². The molecule has 8 heteroatoms. The van der Waals surface area contributed by atoms with Crippen molar-refractivity contribution in [2.24, 2.45) is 17.8 Å². The van der Waals surface area contributed by atoms with E-state index in [2.05, 4.69) is 15.1 Å². The minimum absolute atomic E-state index is 0.128. The predicted molar refractivity (Wildman–Crippen MR) is 116 cm³/mol. The summed E-state index contributed by atoms with van der Waals surface area (Å²) in [5.74, 6) is -0.163. The summed E-state index contributed by atoms with van der Waals surface area (Å²) in [7, 11) is 3.31. The predicted octanol–water partition coefficient (Wildman–Crippen LogP) is -0.431. The van der Waals surface area contributed by atoms with E-state index >= 15 is 0 Å². The number of methoxy groups -OCH3 is 2. The Bertz CT molecular complexity index is 646. The molecule has 0 aromatic rings. The van der Waals surface area contributed by atoms with Gasteiger partial charge in [-0.05, 0) is 69.1 Å².